The van der Waals surface area contributed by atoms with Gasteiger partial charge in [-0.25, -0.2) is 0 Å². The Morgan fingerprint density at radius 2 is 2.29 bits per heavy atom. The third-order valence-electron chi connectivity index (χ3n) is 3.15. The van der Waals surface area contributed by atoms with Crippen molar-refractivity contribution in [3.63, 3.8) is 0 Å². The summed E-state index contributed by atoms with van der Waals surface area (Å²) in [4.78, 5) is 1.42. The lowest BCUT2D eigenvalue weighted by molar-refractivity contribution is 0.181. The van der Waals surface area contributed by atoms with Crippen LogP contribution in [0.5, 0.6) is 0 Å². The molecule has 1 aliphatic rings. The highest BCUT2D eigenvalue weighted by atomic mass is 32.2. The SMILES string of the molecule is CC(O)CCCNC1CCSc2ccccc21. The number of nitrogens with one attached hydrogen (secondary N) is 1. The van der Waals surface area contributed by atoms with Crippen molar-refractivity contribution in [3.05, 3.63) is 29.8 Å². The number of rotatable bonds is 5. The summed E-state index contributed by atoms with van der Waals surface area (Å²) in [7, 11) is 0. The zero-order chi connectivity index (χ0) is 12.1. The van der Waals surface area contributed by atoms with Crippen LogP contribution >= 0.6 is 11.8 Å². The number of aliphatic hydroxyl groups is 1. The molecule has 0 radical (unpaired) electrons. The van der Waals surface area contributed by atoms with Crippen LogP contribution in [0.3, 0.4) is 0 Å². The number of fused-ring (bicyclic) bond motifs is 1. The molecular formula is C14H21NOS. The van der Waals surface area contributed by atoms with Crippen molar-refractivity contribution in [2.24, 2.45) is 0 Å². The lowest BCUT2D eigenvalue weighted by atomic mass is 10.0. The molecule has 0 amide bonds. The summed E-state index contributed by atoms with van der Waals surface area (Å²) in [6, 6.07) is 9.18. The molecule has 0 bridgehead atoms. The molecule has 2 N–H and O–H groups in total. The molecule has 1 aromatic rings. The Balaban J connectivity index is 1.86. The predicted octanol–water partition coefficient (Wildman–Crippen LogP) is 2.97. The topological polar surface area (TPSA) is 32.3 Å². The molecule has 0 saturated heterocycles. The van der Waals surface area contributed by atoms with Gasteiger partial charge in [-0.3, -0.25) is 0 Å². The molecular weight excluding hydrogens is 230 g/mol. The fraction of sp³-hybridized carbons (Fsp3) is 0.571. The van der Waals surface area contributed by atoms with E-state index in [1.54, 1.807) is 0 Å². The molecule has 0 fully saturated rings. The summed E-state index contributed by atoms with van der Waals surface area (Å²) in [6.45, 7) is 2.85. The van der Waals surface area contributed by atoms with E-state index in [-0.39, 0.29) is 6.10 Å². The van der Waals surface area contributed by atoms with Crippen LogP contribution in [-0.2, 0) is 0 Å². The molecule has 0 aliphatic carbocycles. The van der Waals surface area contributed by atoms with Gasteiger partial charge in [-0.15, -0.1) is 11.8 Å². The summed E-state index contributed by atoms with van der Waals surface area (Å²) in [5, 5.41) is 12.8. The van der Waals surface area contributed by atoms with Gasteiger partial charge in [0, 0.05) is 10.9 Å². The van der Waals surface area contributed by atoms with Crippen LogP contribution in [0.1, 0.15) is 37.8 Å². The Hall–Kier alpha value is -0.510. The summed E-state index contributed by atoms with van der Waals surface area (Å²) in [5.41, 5.74) is 1.45. The largest absolute Gasteiger partial charge is 0.393 e. The van der Waals surface area contributed by atoms with E-state index >= 15 is 0 Å². The number of hydrogen-bond donors (Lipinski definition) is 2. The van der Waals surface area contributed by atoms with Crippen LogP contribution in [0.25, 0.3) is 0 Å². The van der Waals surface area contributed by atoms with Gasteiger partial charge in [-0.1, -0.05) is 18.2 Å². The fourth-order valence-electron chi connectivity index (χ4n) is 2.23. The second kappa shape index (κ2) is 6.43. The first kappa shape index (κ1) is 12.9. The molecule has 17 heavy (non-hydrogen) atoms. The molecule has 2 atom stereocenters. The van der Waals surface area contributed by atoms with Gasteiger partial charge < -0.3 is 10.4 Å². The van der Waals surface area contributed by atoms with Crippen molar-refractivity contribution in [1.82, 2.24) is 5.32 Å². The van der Waals surface area contributed by atoms with Gasteiger partial charge in [0.05, 0.1) is 6.10 Å². The van der Waals surface area contributed by atoms with Crippen LogP contribution < -0.4 is 5.32 Å². The lowest BCUT2D eigenvalue weighted by Crippen LogP contribution is -2.26. The zero-order valence-electron chi connectivity index (χ0n) is 10.4. The molecule has 3 heteroatoms. The molecule has 1 heterocycles. The molecule has 1 aromatic carbocycles. The molecule has 1 aliphatic heterocycles. The van der Waals surface area contributed by atoms with Crippen molar-refractivity contribution >= 4 is 11.8 Å². The van der Waals surface area contributed by atoms with Gasteiger partial charge in [0.15, 0.2) is 0 Å². The first-order chi connectivity index (χ1) is 8.27. The van der Waals surface area contributed by atoms with E-state index in [2.05, 4.69) is 29.6 Å². The van der Waals surface area contributed by atoms with E-state index in [1.165, 1.54) is 22.6 Å². The minimum absolute atomic E-state index is 0.175. The molecule has 94 valence electrons. The normalized spacial score (nSPS) is 20.9. The summed E-state index contributed by atoms with van der Waals surface area (Å²) < 4.78 is 0. The van der Waals surface area contributed by atoms with Gasteiger partial charge in [-0.05, 0) is 50.1 Å². The van der Waals surface area contributed by atoms with Gasteiger partial charge in [0.1, 0.15) is 0 Å². The van der Waals surface area contributed by atoms with Crippen molar-refractivity contribution in [1.29, 1.82) is 0 Å². The van der Waals surface area contributed by atoms with Crippen molar-refractivity contribution < 1.29 is 5.11 Å². The Bertz CT molecular complexity index is 354. The first-order valence-electron chi connectivity index (χ1n) is 6.40. The van der Waals surface area contributed by atoms with Crippen molar-refractivity contribution in [3.8, 4) is 0 Å². The minimum Gasteiger partial charge on any atom is -0.393 e. The maximum atomic E-state index is 9.22. The Labute approximate surface area is 108 Å². The molecule has 2 unspecified atom stereocenters. The average molecular weight is 251 g/mol. The van der Waals surface area contributed by atoms with Crippen molar-refractivity contribution in [2.45, 2.75) is 43.2 Å². The number of benzene rings is 1. The van der Waals surface area contributed by atoms with E-state index < -0.39 is 0 Å². The highest BCUT2D eigenvalue weighted by Gasteiger charge is 2.19. The third-order valence-corrected chi connectivity index (χ3v) is 4.27. The standard InChI is InChI=1S/C14H21NOS/c1-11(16)5-4-9-15-13-8-10-17-14-7-3-2-6-12(13)14/h2-3,6-7,11,13,15-16H,4-5,8-10H2,1H3. The summed E-state index contributed by atoms with van der Waals surface area (Å²) >= 11 is 1.96. The van der Waals surface area contributed by atoms with Crippen LogP contribution in [-0.4, -0.2) is 23.5 Å². The number of aliphatic hydroxyl groups excluding tert-OH is 1. The molecule has 0 aromatic heterocycles. The highest BCUT2D eigenvalue weighted by Crippen LogP contribution is 2.35. The monoisotopic (exact) mass is 251 g/mol. The second-order valence-electron chi connectivity index (χ2n) is 4.67. The Morgan fingerprint density at radius 3 is 3.12 bits per heavy atom. The third kappa shape index (κ3) is 3.73. The first-order valence-corrected chi connectivity index (χ1v) is 7.39. The van der Waals surface area contributed by atoms with Crippen LogP contribution in [0, 0.1) is 0 Å². The van der Waals surface area contributed by atoms with Crippen molar-refractivity contribution in [2.75, 3.05) is 12.3 Å². The Morgan fingerprint density at radius 1 is 1.47 bits per heavy atom. The number of hydrogen-bond acceptors (Lipinski definition) is 3. The zero-order valence-corrected chi connectivity index (χ0v) is 11.2. The fourth-order valence-corrected chi connectivity index (χ4v) is 3.35. The van der Waals surface area contributed by atoms with Gasteiger partial charge >= 0.3 is 0 Å². The quantitative estimate of drug-likeness (QED) is 0.789. The molecule has 0 spiro atoms. The van der Waals surface area contributed by atoms with E-state index in [9.17, 15) is 5.11 Å². The minimum atomic E-state index is -0.175. The average Bonchev–Trinajstić information content (AvgIpc) is 2.34. The summed E-state index contributed by atoms with van der Waals surface area (Å²) in [5.74, 6) is 1.20. The van der Waals surface area contributed by atoms with E-state index in [0.717, 1.165) is 19.4 Å². The second-order valence-corrected chi connectivity index (χ2v) is 5.81. The van der Waals surface area contributed by atoms with Gasteiger partial charge in [0.2, 0.25) is 0 Å². The number of thioether (sulfide) groups is 1. The van der Waals surface area contributed by atoms with E-state index in [0.29, 0.717) is 6.04 Å². The Kier molecular flexibility index (Phi) is 4.89. The lowest BCUT2D eigenvalue weighted by Gasteiger charge is -2.26. The van der Waals surface area contributed by atoms with Crippen LogP contribution in [0.2, 0.25) is 0 Å². The van der Waals surface area contributed by atoms with Crippen LogP contribution in [0.4, 0.5) is 0 Å². The predicted molar refractivity (Wildman–Crippen MR) is 73.4 cm³/mol. The molecule has 2 rings (SSSR count). The molecule has 0 saturated carbocycles. The molecule has 2 nitrogen and oxygen atoms in total. The van der Waals surface area contributed by atoms with Gasteiger partial charge in [0.25, 0.3) is 0 Å². The maximum Gasteiger partial charge on any atom is 0.0512 e. The van der Waals surface area contributed by atoms with Crippen LogP contribution in [0.15, 0.2) is 29.2 Å². The van der Waals surface area contributed by atoms with E-state index in [4.69, 9.17) is 0 Å². The van der Waals surface area contributed by atoms with Gasteiger partial charge in [-0.2, -0.15) is 0 Å². The van der Waals surface area contributed by atoms with E-state index in [1.807, 2.05) is 18.7 Å². The summed E-state index contributed by atoms with van der Waals surface area (Å²) in [6.07, 6.45) is 2.96. The smallest absolute Gasteiger partial charge is 0.0512 e. The highest BCUT2D eigenvalue weighted by molar-refractivity contribution is 7.99. The maximum absolute atomic E-state index is 9.22.